The first-order valence-electron chi connectivity index (χ1n) is 20.4. The first kappa shape index (κ1) is 32.5. The van der Waals surface area contributed by atoms with E-state index in [2.05, 4.69) is 205 Å². The highest BCUT2D eigenvalue weighted by molar-refractivity contribution is 6.23. The topological polar surface area (TPSA) is 35.6 Å². The van der Waals surface area contributed by atoms with Gasteiger partial charge in [0.1, 0.15) is 5.69 Å². The number of nitrogens with zero attached hydrogens (tertiary/aromatic N) is 4. The fraction of sp³-hybridized carbons (Fsp3) is 0.0545. The Bertz CT molecular complexity index is 3770. The molecule has 0 N–H and O–H groups in total. The summed E-state index contributed by atoms with van der Waals surface area (Å²) in [4.78, 5) is 11.2. The Morgan fingerprint density at radius 2 is 0.983 bits per heavy atom. The van der Waals surface area contributed by atoms with Crippen molar-refractivity contribution < 1.29 is 0 Å². The van der Waals surface area contributed by atoms with Crippen LogP contribution in [-0.4, -0.2) is 19.1 Å². The van der Waals surface area contributed by atoms with Gasteiger partial charge in [-0.1, -0.05) is 153 Å². The van der Waals surface area contributed by atoms with Crippen LogP contribution in [0.3, 0.4) is 0 Å². The monoisotopic (exact) mass is 752 g/mol. The van der Waals surface area contributed by atoms with Gasteiger partial charge in [-0.3, -0.25) is 4.57 Å². The van der Waals surface area contributed by atoms with Crippen LogP contribution in [0.1, 0.15) is 25.0 Å². The minimum absolute atomic E-state index is 0.152. The molecule has 276 valence electrons. The minimum Gasteiger partial charge on any atom is -0.309 e. The lowest BCUT2D eigenvalue weighted by Crippen LogP contribution is -2.14. The molecule has 0 spiro atoms. The summed E-state index contributed by atoms with van der Waals surface area (Å²) in [5.74, 6) is 0.819. The summed E-state index contributed by atoms with van der Waals surface area (Å²) in [7, 11) is 0. The third-order valence-corrected chi connectivity index (χ3v) is 13.1. The second kappa shape index (κ2) is 11.7. The molecule has 12 aromatic rings. The van der Waals surface area contributed by atoms with Crippen LogP contribution in [-0.2, 0) is 5.41 Å². The average molecular weight is 753 g/mol. The molecule has 0 fully saturated rings. The van der Waals surface area contributed by atoms with Gasteiger partial charge in [-0.15, -0.1) is 0 Å². The van der Waals surface area contributed by atoms with Crippen molar-refractivity contribution in [2.45, 2.75) is 19.3 Å². The SMILES string of the molecule is CC1(C)c2ccccc2-c2c(-c3nc4ccccc4nc3-n3c4cc(-n5c6ccccc6c6c7ccccc7ccc65)ccc4c4c5ccccc5ccc43)cccc21. The third-order valence-electron chi connectivity index (χ3n) is 13.1. The van der Waals surface area contributed by atoms with Crippen LogP contribution in [0.25, 0.3) is 110 Å². The van der Waals surface area contributed by atoms with E-state index in [4.69, 9.17) is 9.97 Å². The van der Waals surface area contributed by atoms with Crippen molar-refractivity contribution in [1.29, 1.82) is 0 Å². The molecule has 3 heterocycles. The quantitative estimate of drug-likeness (QED) is 0.180. The number of benzene rings is 9. The van der Waals surface area contributed by atoms with Crippen LogP contribution in [0.15, 0.2) is 182 Å². The van der Waals surface area contributed by atoms with Gasteiger partial charge in [-0.25, -0.2) is 9.97 Å². The third kappa shape index (κ3) is 4.38. The second-order valence-electron chi connectivity index (χ2n) is 16.5. The summed E-state index contributed by atoms with van der Waals surface area (Å²) >= 11 is 0. The Morgan fingerprint density at radius 3 is 1.75 bits per heavy atom. The highest BCUT2D eigenvalue weighted by Crippen LogP contribution is 2.53. The Balaban J connectivity index is 1.18. The van der Waals surface area contributed by atoms with Crippen LogP contribution in [0.5, 0.6) is 0 Å². The molecular formula is C55H36N4. The van der Waals surface area contributed by atoms with Gasteiger partial charge in [-0.05, 0) is 86.3 Å². The fourth-order valence-electron chi connectivity index (χ4n) is 10.4. The van der Waals surface area contributed by atoms with E-state index >= 15 is 0 Å². The number of hydrogen-bond donors (Lipinski definition) is 0. The van der Waals surface area contributed by atoms with Crippen molar-refractivity contribution in [3.63, 3.8) is 0 Å². The van der Waals surface area contributed by atoms with Crippen LogP contribution < -0.4 is 0 Å². The van der Waals surface area contributed by atoms with E-state index in [1.165, 1.54) is 76.4 Å². The number of aromatic nitrogens is 4. The molecule has 0 radical (unpaired) electrons. The van der Waals surface area contributed by atoms with E-state index < -0.39 is 0 Å². The molecule has 9 aromatic carbocycles. The standard InChI is InChI=1S/C55H36N4/c1-55(2)42-21-9-7-18-38(42)50-41(20-13-22-43(50)55)53-54(57-45-24-11-10-23-44(45)56-53)59-48-31-27-34-15-4-6-17-37(34)52(48)40-29-28-35(32-49(40)59)58-46-25-12-8-19-39(46)51-36-16-5-3-14-33(36)26-30-47(51)58/h3-32H,1-2H3. The summed E-state index contributed by atoms with van der Waals surface area (Å²) in [5, 5.41) is 9.84. The fourth-order valence-corrected chi connectivity index (χ4v) is 10.4. The lowest BCUT2D eigenvalue weighted by Gasteiger charge is -2.22. The van der Waals surface area contributed by atoms with E-state index in [1.54, 1.807) is 0 Å². The molecule has 0 bridgehead atoms. The van der Waals surface area contributed by atoms with Gasteiger partial charge in [0.2, 0.25) is 0 Å². The van der Waals surface area contributed by atoms with Crippen molar-refractivity contribution in [3.8, 4) is 33.9 Å². The first-order chi connectivity index (χ1) is 29.0. The second-order valence-corrected chi connectivity index (χ2v) is 16.5. The maximum atomic E-state index is 5.61. The maximum Gasteiger partial charge on any atom is 0.165 e. The molecule has 0 saturated heterocycles. The van der Waals surface area contributed by atoms with Crippen molar-refractivity contribution in [3.05, 3.63) is 193 Å². The molecule has 4 nitrogen and oxygen atoms in total. The highest BCUT2D eigenvalue weighted by atomic mass is 15.1. The Hall–Kier alpha value is -7.56. The molecule has 1 aliphatic carbocycles. The number of rotatable bonds is 3. The number of fused-ring (bicyclic) bond motifs is 14. The molecule has 0 saturated carbocycles. The van der Waals surface area contributed by atoms with Crippen LogP contribution in [0.4, 0.5) is 0 Å². The molecule has 0 atom stereocenters. The molecule has 1 aliphatic rings. The summed E-state index contributed by atoms with van der Waals surface area (Å²) in [6, 6.07) is 66.2. The Kier molecular flexibility index (Phi) is 6.48. The zero-order chi connectivity index (χ0) is 39.0. The van der Waals surface area contributed by atoms with E-state index in [1.807, 2.05) is 0 Å². The highest BCUT2D eigenvalue weighted by Gasteiger charge is 2.37. The summed E-state index contributed by atoms with van der Waals surface area (Å²) in [5.41, 5.74) is 14.3. The predicted octanol–water partition coefficient (Wildman–Crippen LogP) is 14.1. The van der Waals surface area contributed by atoms with Crippen molar-refractivity contribution in [1.82, 2.24) is 19.1 Å². The zero-order valence-corrected chi connectivity index (χ0v) is 32.6. The van der Waals surface area contributed by atoms with Crippen molar-refractivity contribution >= 4 is 76.2 Å². The largest absolute Gasteiger partial charge is 0.309 e. The Morgan fingerprint density at radius 1 is 0.407 bits per heavy atom. The molecular weight excluding hydrogens is 717 g/mol. The van der Waals surface area contributed by atoms with E-state index in [-0.39, 0.29) is 5.41 Å². The maximum absolute atomic E-state index is 5.61. The molecule has 0 aliphatic heterocycles. The lowest BCUT2D eigenvalue weighted by molar-refractivity contribution is 0.660. The predicted molar refractivity (Wildman–Crippen MR) is 246 cm³/mol. The van der Waals surface area contributed by atoms with E-state index in [0.717, 1.165) is 44.8 Å². The molecule has 59 heavy (non-hydrogen) atoms. The minimum atomic E-state index is -0.152. The molecule has 0 amide bonds. The van der Waals surface area contributed by atoms with Gasteiger partial charge < -0.3 is 4.57 Å². The van der Waals surface area contributed by atoms with Crippen LogP contribution >= 0.6 is 0 Å². The first-order valence-corrected chi connectivity index (χ1v) is 20.4. The van der Waals surface area contributed by atoms with E-state index in [0.29, 0.717) is 0 Å². The van der Waals surface area contributed by atoms with Gasteiger partial charge in [-0.2, -0.15) is 0 Å². The van der Waals surface area contributed by atoms with Gasteiger partial charge in [0, 0.05) is 38.2 Å². The van der Waals surface area contributed by atoms with Gasteiger partial charge in [0.05, 0.1) is 33.1 Å². The average Bonchev–Trinajstić information content (AvgIpc) is 3.89. The smallest absolute Gasteiger partial charge is 0.165 e. The van der Waals surface area contributed by atoms with Gasteiger partial charge in [0.15, 0.2) is 5.82 Å². The van der Waals surface area contributed by atoms with Crippen LogP contribution in [0.2, 0.25) is 0 Å². The summed E-state index contributed by atoms with van der Waals surface area (Å²) < 4.78 is 4.83. The zero-order valence-electron chi connectivity index (χ0n) is 32.6. The molecule has 4 heteroatoms. The van der Waals surface area contributed by atoms with Crippen molar-refractivity contribution in [2.75, 3.05) is 0 Å². The summed E-state index contributed by atoms with van der Waals surface area (Å²) in [6.07, 6.45) is 0. The molecule has 0 unspecified atom stereocenters. The summed E-state index contributed by atoms with van der Waals surface area (Å²) in [6.45, 7) is 4.68. The van der Waals surface area contributed by atoms with Gasteiger partial charge >= 0.3 is 0 Å². The van der Waals surface area contributed by atoms with Gasteiger partial charge in [0.25, 0.3) is 0 Å². The Labute approximate surface area is 340 Å². The molecule has 13 rings (SSSR count). The lowest BCUT2D eigenvalue weighted by atomic mass is 9.82. The number of para-hydroxylation sites is 3. The van der Waals surface area contributed by atoms with E-state index in [9.17, 15) is 0 Å². The van der Waals surface area contributed by atoms with Crippen molar-refractivity contribution in [2.24, 2.45) is 0 Å². The normalized spacial score (nSPS) is 13.4. The molecule has 3 aromatic heterocycles. The van der Waals surface area contributed by atoms with Crippen LogP contribution in [0, 0.1) is 0 Å². The number of hydrogen-bond acceptors (Lipinski definition) is 2.